The summed E-state index contributed by atoms with van der Waals surface area (Å²) in [6, 6.07) is 8.56. The number of methoxy groups -OCH3 is 1. The first kappa shape index (κ1) is 14.1. The van der Waals surface area contributed by atoms with Crippen LogP contribution in [0.1, 0.15) is 24.2 Å². The quantitative estimate of drug-likeness (QED) is 0.784. The van der Waals surface area contributed by atoms with Crippen LogP contribution >= 0.6 is 11.3 Å². The fourth-order valence-corrected chi connectivity index (χ4v) is 3.73. The van der Waals surface area contributed by atoms with Crippen LogP contribution in [0, 0.1) is 0 Å². The van der Waals surface area contributed by atoms with E-state index >= 15 is 0 Å². The van der Waals surface area contributed by atoms with Crippen LogP contribution in [-0.2, 0) is 6.54 Å². The Morgan fingerprint density at radius 3 is 2.90 bits per heavy atom. The van der Waals surface area contributed by atoms with Gasteiger partial charge in [0.15, 0.2) is 5.75 Å². The Kier molecular flexibility index (Phi) is 3.94. The molecule has 1 unspecified atom stereocenters. The molecule has 1 aromatic carbocycles. The van der Waals surface area contributed by atoms with E-state index in [1.807, 2.05) is 11.7 Å². The maximum Gasteiger partial charge on any atom is 0.161 e. The second-order valence-corrected chi connectivity index (χ2v) is 5.73. The van der Waals surface area contributed by atoms with Crippen molar-refractivity contribution >= 4 is 21.4 Å². The van der Waals surface area contributed by atoms with Crippen molar-refractivity contribution in [3.63, 3.8) is 0 Å². The van der Waals surface area contributed by atoms with Gasteiger partial charge in [-0.1, -0.05) is 18.2 Å². The number of nitrogens with zero attached hydrogens (tertiary/aromatic N) is 2. The normalized spacial score (nSPS) is 12.7. The minimum atomic E-state index is 0.0681. The van der Waals surface area contributed by atoms with Crippen molar-refractivity contribution in [3.05, 3.63) is 47.1 Å². The lowest BCUT2D eigenvalue weighted by Gasteiger charge is -2.18. The standard InChI is InChI=1S/C16H19N3OS/c1-4-19-16(13(20-3)9-18-19)15(17-2)12-10-21-14-8-6-5-7-11(12)14/h5-10,15,17H,4H2,1-3H3. The third kappa shape index (κ3) is 2.32. The highest BCUT2D eigenvalue weighted by Crippen LogP contribution is 2.36. The summed E-state index contributed by atoms with van der Waals surface area (Å²) in [6.45, 7) is 2.91. The van der Waals surface area contributed by atoms with E-state index in [2.05, 4.69) is 47.0 Å². The zero-order valence-electron chi connectivity index (χ0n) is 12.5. The van der Waals surface area contributed by atoms with Gasteiger partial charge in [0.1, 0.15) is 5.69 Å². The fraction of sp³-hybridized carbons (Fsp3) is 0.312. The second-order valence-electron chi connectivity index (χ2n) is 4.82. The first-order valence-corrected chi connectivity index (χ1v) is 7.91. The highest BCUT2D eigenvalue weighted by molar-refractivity contribution is 7.17. The number of hydrogen-bond acceptors (Lipinski definition) is 4. The van der Waals surface area contributed by atoms with Gasteiger partial charge in [-0.25, -0.2) is 0 Å². The molecule has 0 saturated carbocycles. The first-order valence-electron chi connectivity index (χ1n) is 7.03. The Balaban J connectivity index is 2.16. The number of fused-ring (bicyclic) bond motifs is 1. The molecule has 0 saturated heterocycles. The van der Waals surface area contributed by atoms with Crippen molar-refractivity contribution < 1.29 is 4.74 Å². The van der Waals surface area contributed by atoms with E-state index in [0.717, 1.165) is 18.0 Å². The van der Waals surface area contributed by atoms with Crippen molar-refractivity contribution in [1.29, 1.82) is 0 Å². The van der Waals surface area contributed by atoms with Gasteiger partial charge in [-0.05, 0) is 36.4 Å². The Morgan fingerprint density at radius 1 is 1.38 bits per heavy atom. The molecular weight excluding hydrogens is 282 g/mol. The zero-order chi connectivity index (χ0) is 14.8. The highest BCUT2D eigenvalue weighted by atomic mass is 32.1. The van der Waals surface area contributed by atoms with Gasteiger partial charge in [-0.15, -0.1) is 11.3 Å². The van der Waals surface area contributed by atoms with Gasteiger partial charge in [0, 0.05) is 11.2 Å². The van der Waals surface area contributed by atoms with Crippen molar-refractivity contribution in [2.24, 2.45) is 0 Å². The topological polar surface area (TPSA) is 39.1 Å². The van der Waals surface area contributed by atoms with Crippen LogP contribution in [-0.4, -0.2) is 23.9 Å². The lowest BCUT2D eigenvalue weighted by atomic mass is 10.0. The summed E-state index contributed by atoms with van der Waals surface area (Å²) in [4.78, 5) is 0. The fourth-order valence-electron chi connectivity index (χ4n) is 2.74. The molecule has 1 N–H and O–H groups in total. The minimum absolute atomic E-state index is 0.0681. The van der Waals surface area contributed by atoms with Crippen LogP contribution in [0.2, 0.25) is 0 Å². The largest absolute Gasteiger partial charge is 0.493 e. The van der Waals surface area contributed by atoms with Crippen LogP contribution in [0.15, 0.2) is 35.8 Å². The Bertz CT molecular complexity index is 725. The molecule has 0 aliphatic rings. The summed E-state index contributed by atoms with van der Waals surface area (Å²) in [5, 5.41) is 11.3. The van der Waals surface area contributed by atoms with E-state index in [0.29, 0.717) is 0 Å². The predicted octanol–water partition coefficient (Wildman–Crippen LogP) is 3.44. The summed E-state index contributed by atoms with van der Waals surface area (Å²) in [5.41, 5.74) is 2.35. The maximum atomic E-state index is 5.50. The molecule has 3 rings (SSSR count). The molecule has 0 radical (unpaired) electrons. The van der Waals surface area contributed by atoms with Crippen LogP contribution in [0.4, 0.5) is 0 Å². The SMILES string of the molecule is CCn1ncc(OC)c1C(NC)c1csc2ccccc12. The molecule has 4 nitrogen and oxygen atoms in total. The molecule has 2 aromatic heterocycles. The molecule has 21 heavy (non-hydrogen) atoms. The van der Waals surface area contributed by atoms with Gasteiger partial charge in [0.25, 0.3) is 0 Å². The summed E-state index contributed by atoms with van der Waals surface area (Å²) < 4.78 is 8.79. The van der Waals surface area contributed by atoms with Crippen molar-refractivity contribution in [3.8, 4) is 5.75 Å². The van der Waals surface area contributed by atoms with Crippen LogP contribution in [0.3, 0.4) is 0 Å². The van der Waals surface area contributed by atoms with Gasteiger partial charge in [-0.2, -0.15) is 5.10 Å². The maximum absolute atomic E-state index is 5.50. The number of hydrogen-bond donors (Lipinski definition) is 1. The zero-order valence-corrected chi connectivity index (χ0v) is 13.3. The molecule has 110 valence electrons. The van der Waals surface area contributed by atoms with E-state index in [-0.39, 0.29) is 6.04 Å². The molecule has 0 bridgehead atoms. The molecule has 0 amide bonds. The number of rotatable bonds is 5. The number of aryl methyl sites for hydroxylation is 1. The van der Waals surface area contributed by atoms with Crippen LogP contribution in [0.25, 0.3) is 10.1 Å². The number of thiophene rings is 1. The van der Waals surface area contributed by atoms with Gasteiger partial charge >= 0.3 is 0 Å². The molecule has 0 aliphatic heterocycles. The monoisotopic (exact) mass is 301 g/mol. The summed E-state index contributed by atoms with van der Waals surface area (Å²) >= 11 is 1.77. The Labute approximate surface area is 128 Å². The molecule has 0 fully saturated rings. The second kappa shape index (κ2) is 5.87. The Morgan fingerprint density at radius 2 is 2.19 bits per heavy atom. The molecule has 2 heterocycles. The average molecular weight is 301 g/mol. The number of aromatic nitrogens is 2. The summed E-state index contributed by atoms with van der Waals surface area (Å²) in [7, 11) is 3.67. The third-order valence-electron chi connectivity index (χ3n) is 3.75. The smallest absolute Gasteiger partial charge is 0.161 e. The van der Waals surface area contributed by atoms with Gasteiger partial charge in [0.05, 0.1) is 19.3 Å². The van der Waals surface area contributed by atoms with Gasteiger partial charge in [0.2, 0.25) is 0 Å². The van der Waals surface area contributed by atoms with E-state index in [9.17, 15) is 0 Å². The average Bonchev–Trinajstić information content (AvgIpc) is 3.13. The molecule has 0 spiro atoms. The van der Waals surface area contributed by atoms with Crippen molar-refractivity contribution in [2.45, 2.75) is 19.5 Å². The number of ether oxygens (including phenoxy) is 1. The summed E-state index contributed by atoms with van der Waals surface area (Å²) in [5.74, 6) is 0.825. The van der Waals surface area contributed by atoms with Crippen LogP contribution in [0.5, 0.6) is 5.75 Å². The lowest BCUT2D eigenvalue weighted by molar-refractivity contribution is 0.401. The van der Waals surface area contributed by atoms with E-state index in [1.54, 1.807) is 24.6 Å². The lowest BCUT2D eigenvalue weighted by Crippen LogP contribution is -2.21. The molecule has 1 atom stereocenters. The van der Waals surface area contributed by atoms with E-state index in [1.165, 1.54) is 15.6 Å². The third-order valence-corrected chi connectivity index (χ3v) is 4.73. The highest BCUT2D eigenvalue weighted by Gasteiger charge is 2.24. The van der Waals surface area contributed by atoms with Gasteiger partial charge in [-0.3, -0.25) is 4.68 Å². The minimum Gasteiger partial charge on any atom is -0.493 e. The van der Waals surface area contributed by atoms with Crippen molar-refractivity contribution in [2.75, 3.05) is 14.2 Å². The molecule has 3 aromatic rings. The molecular formula is C16H19N3OS. The first-order chi connectivity index (χ1) is 10.3. The number of benzene rings is 1. The predicted molar refractivity (Wildman–Crippen MR) is 87.2 cm³/mol. The summed E-state index contributed by atoms with van der Waals surface area (Å²) in [6.07, 6.45) is 1.79. The van der Waals surface area contributed by atoms with Gasteiger partial charge < -0.3 is 10.1 Å². The van der Waals surface area contributed by atoms with Crippen LogP contribution < -0.4 is 10.1 Å². The molecule has 5 heteroatoms. The number of nitrogens with one attached hydrogen (secondary N) is 1. The Hall–Kier alpha value is -1.85. The van der Waals surface area contributed by atoms with E-state index in [4.69, 9.17) is 4.74 Å². The molecule has 0 aliphatic carbocycles. The van der Waals surface area contributed by atoms with Crippen molar-refractivity contribution in [1.82, 2.24) is 15.1 Å². The van der Waals surface area contributed by atoms with E-state index < -0.39 is 0 Å².